The first kappa shape index (κ1) is 14.8. The summed E-state index contributed by atoms with van der Waals surface area (Å²) in [6.07, 6.45) is -2.61. The van der Waals surface area contributed by atoms with E-state index in [-0.39, 0.29) is 18.8 Å². The van der Waals surface area contributed by atoms with Gasteiger partial charge in [-0.3, -0.25) is 0 Å². The average Bonchev–Trinajstić information content (AvgIpc) is 2.27. The molecule has 0 radical (unpaired) electrons. The Kier molecular flexibility index (Phi) is 5.43. The second kappa shape index (κ2) is 6.61. The second-order valence-electron chi connectivity index (χ2n) is 4.03. The Balaban J connectivity index is 3.16. The van der Waals surface area contributed by atoms with Crippen molar-refractivity contribution < 1.29 is 18.3 Å². The second-order valence-corrected chi connectivity index (χ2v) is 4.03. The van der Waals surface area contributed by atoms with Crippen LogP contribution in [-0.4, -0.2) is 31.2 Å². The summed E-state index contributed by atoms with van der Waals surface area (Å²) in [5.74, 6) is -0.612. The molecule has 6 heteroatoms. The number of hydrogen-bond donors (Lipinski definition) is 2. The lowest BCUT2D eigenvalue weighted by Crippen LogP contribution is -2.33. The van der Waals surface area contributed by atoms with Gasteiger partial charge >= 0.3 is 0 Å². The first-order chi connectivity index (χ1) is 8.47. The molecule has 1 unspecified atom stereocenters. The Morgan fingerprint density at radius 2 is 2.06 bits per heavy atom. The standard InChI is InChI=1S/C12H17F3N2O/c1-8(16)9-3-2-4-10(13)12(9)17(5-6-18)7-11(14)15/h2-4,8,11,18H,5-7,16H2,1H3. The molecule has 102 valence electrons. The van der Waals surface area contributed by atoms with Gasteiger partial charge < -0.3 is 15.7 Å². The summed E-state index contributed by atoms with van der Waals surface area (Å²) in [5.41, 5.74) is 6.20. The highest BCUT2D eigenvalue weighted by Crippen LogP contribution is 2.28. The van der Waals surface area contributed by atoms with Crippen LogP contribution in [0.4, 0.5) is 18.9 Å². The lowest BCUT2D eigenvalue weighted by atomic mass is 10.1. The van der Waals surface area contributed by atoms with Crippen molar-refractivity contribution in [2.75, 3.05) is 24.6 Å². The number of rotatable bonds is 6. The lowest BCUT2D eigenvalue weighted by Gasteiger charge is -2.27. The van der Waals surface area contributed by atoms with E-state index in [1.54, 1.807) is 13.0 Å². The zero-order valence-electron chi connectivity index (χ0n) is 10.1. The molecule has 0 aliphatic heterocycles. The molecule has 3 N–H and O–H groups in total. The number of para-hydroxylation sites is 1. The fourth-order valence-corrected chi connectivity index (χ4v) is 1.81. The van der Waals surface area contributed by atoms with Crippen LogP contribution < -0.4 is 10.6 Å². The molecule has 0 aliphatic rings. The van der Waals surface area contributed by atoms with Gasteiger partial charge in [-0.2, -0.15) is 0 Å². The minimum absolute atomic E-state index is 0.0434. The highest BCUT2D eigenvalue weighted by Gasteiger charge is 2.20. The van der Waals surface area contributed by atoms with Crippen molar-refractivity contribution in [3.05, 3.63) is 29.6 Å². The molecule has 0 aliphatic carbocycles. The maximum atomic E-state index is 13.8. The van der Waals surface area contributed by atoms with E-state index in [4.69, 9.17) is 10.8 Å². The maximum absolute atomic E-state index is 13.8. The normalized spacial score (nSPS) is 12.8. The topological polar surface area (TPSA) is 49.5 Å². The van der Waals surface area contributed by atoms with Crippen LogP contribution in [0.2, 0.25) is 0 Å². The summed E-state index contributed by atoms with van der Waals surface area (Å²) in [7, 11) is 0. The van der Waals surface area contributed by atoms with Gasteiger partial charge in [0.2, 0.25) is 0 Å². The van der Waals surface area contributed by atoms with Crippen molar-refractivity contribution in [1.29, 1.82) is 0 Å². The van der Waals surface area contributed by atoms with Crippen molar-refractivity contribution in [1.82, 2.24) is 0 Å². The Hall–Kier alpha value is -1.27. The van der Waals surface area contributed by atoms with Crippen molar-refractivity contribution >= 4 is 5.69 Å². The van der Waals surface area contributed by atoms with Crippen LogP contribution in [0.5, 0.6) is 0 Å². The molecule has 0 amide bonds. The van der Waals surface area contributed by atoms with Crippen LogP contribution in [0.15, 0.2) is 18.2 Å². The van der Waals surface area contributed by atoms with Gasteiger partial charge in [0.25, 0.3) is 6.43 Å². The van der Waals surface area contributed by atoms with Crippen molar-refractivity contribution in [2.45, 2.75) is 19.4 Å². The number of halogens is 3. The molecule has 0 fully saturated rings. The molecule has 1 rings (SSSR count). The van der Waals surface area contributed by atoms with E-state index in [1.165, 1.54) is 12.1 Å². The number of benzene rings is 1. The van der Waals surface area contributed by atoms with E-state index in [9.17, 15) is 13.2 Å². The minimum atomic E-state index is -2.61. The summed E-state index contributed by atoms with van der Waals surface area (Å²) in [4.78, 5) is 1.12. The summed E-state index contributed by atoms with van der Waals surface area (Å²) < 4.78 is 38.8. The van der Waals surface area contributed by atoms with E-state index < -0.39 is 24.8 Å². The van der Waals surface area contributed by atoms with Gasteiger partial charge in [0.15, 0.2) is 0 Å². The fourth-order valence-electron chi connectivity index (χ4n) is 1.81. The molecule has 0 bridgehead atoms. The highest BCUT2D eigenvalue weighted by atomic mass is 19.3. The van der Waals surface area contributed by atoms with E-state index in [2.05, 4.69) is 0 Å². The van der Waals surface area contributed by atoms with Gasteiger partial charge in [0.05, 0.1) is 18.8 Å². The van der Waals surface area contributed by atoms with Gasteiger partial charge in [0.1, 0.15) is 5.82 Å². The molecule has 0 saturated carbocycles. The number of alkyl halides is 2. The maximum Gasteiger partial charge on any atom is 0.255 e. The third-order valence-electron chi connectivity index (χ3n) is 2.55. The van der Waals surface area contributed by atoms with Crippen LogP contribution in [0.3, 0.4) is 0 Å². The smallest absolute Gasteiger partial charge is 0.255 e. The Morgan fingerprint density at radius 3 is 2.56 bits per heavy atom. The number of aliphatic hydroxyl groups excluding tert-OH is 1. The molecule has 1 aromatic carbocycles. The van der Waals surface area contributed by atoms with Gasteiger partial charge in [-0.25, -0.2) is 13.2 Å². The van der Waals surface area contributed by atoms with Crippen LogP contribution in [-0.2, 0) is 0 Å². The van der Waals surface area contributed by atoms with Crippen LogP contribution in [0.25, 0.3) is 0 Å². The van der Waals surface area contributed by atoms with Crippen LogP contribution in [0.1, 0.15) is 18.5 Å². The molecule has 18 heavy (non-hydrogen) atoms. The number of nitrogens with two attached hydrogens (primary N) is 1. The molecular formula is C12H17F3N2O. The molecule has 1 atom stereocenters. The molecule has 0 aromatic heterocycles. The summed E-state index contributed by atoms with van der Waals surface area (Å²) in [6.45, 7) is 0.615. The van der Waals surface area contributed by atoms with E-state index in [1.807, 2.05) is 0 Å². The highest BCUT2D eigenvalue weighted by molar-refractivity contribution is 5.56. The number of aliphatic hydroxyl groups is 1. The van der Waals surface area contributed by atoms with E-state index in [0.717, 1.165) is 4.90 Å². The van der Waals surface area contributed by atoms with Crippen molar-refractivity contribution in [2.24, 2.45) is 5.73 Å². The molecule has 0 saturated heterocycles. The lowest BCUT2D eigenvalue weighted by molar-refractivity contribution is 0.152. The predicted molar refractivity (Wildman–Crippen MR) is 64.3 cm³/mol. The first-order valence-corrected chi connectivity index (χ1v) is 5.65. The summed E-state index contributed by atoms with van der Waals surface area (Å²) in [5, 5.41) is 8.89. The van der Waals surface area contributed by atoms with Crippen molar-refractivity contribution in [3.8, 4) is 0 Å². The molecule has 3 nitrogen and oxygen atoms in total. The average molecular weight is 262 g/mol. The largest absolute Gasteiger partial charge is 0.395 e. The van der Waals surface area contributed by atoms with Gasteiger partial charge in [-0.1, -0.05) is 12.1 Å². The predicted octanol–water partition coefficient (Wildman–Crippen LogP) is 1.91. The number of hydrogen-bond acceptors (Lipinski definition) is 3. The molecule has 0 heterocycles. The zero-order valence-corrected chi connectivity index (χ0v) is 10.1. The van der Waals surface area contributed by atoms with E-state index in [0.29, 0.717) is 5.56 Å². The Labute approximate surface area is 104 Å². The third kappa shape index (κ3) is 3.61. The van der Waals surface area contributed by atoms with Gasteiger partial charge in [-0.15, -0.1) is 0 Å². The Morgan fingerprint density at radius 1 is 1.39 bits per heavy atom. The quantitative estimate of drug-likeness (QED) is 0.823. The van der Waals surface area contributed by atoms with Crippen LogP contribution in [0, 0.1) is 5.82 Å². The Bertz CT molecular complexity index is 386. The van der Waals surface area contributed by atoms with Crippen molar-refractivity contribution in [3.63, 3.8) is 0 Å². The number of anilines is 1. The fraction of sp³-hybridized carbons (Fsp3) is 0.500. The summed E-state index contributed by atoms with van der Waals surface area (Å²) in [6, 6.07) is 3.79. The molecular weight excluding hydrogens is 245 g/mol. The SMILES string of the molecule is CC(N)c1cccc(F)c1N(CCO)CC(F)F. The third-order valence-corrected chi connectivity index (χ3v) is 2.55. The van der Waals surface area contributed by atoms with Crippen LogP contribution >= 0.6 is 0 Å². The first-order valence-electron chi connectivity index (χ1n) is 5.65. The molecule has 1 aromatic rings. The molecule has 0 spiro atoms. The summed E-state index contributed by atoms with van der Waals surface area (Å²) >= 11 is 0. The number of nitrogens with zero attached hydrogens (tertiary/aromatic N) is 1. The zero-order chi connectivity index (χ0) is 13.7. The monoisotopic (exact) mass is 262 g/mol. The van der Waals surface area contributed by atoms with Gasteiger partial charge in [-0.05, 0) is 18.6 Å². The van der Waals surface area contributed by atoms with Gasteiger partial charge in [0, 0.05) is 12.6 Å². The minimum Gasteiger partial charge on any atom is -0.395 e. The van der Waals surface area contributed by atoms with E-state index >= 15 is 0 Å².